The van der Waals surface area contributed by atoms with E-state index in [4.69, 9.17) is 4.74 Å². The van der Waals surface area contributed by atoms with Crippen LogP contribution >= 0.6 is 0 Å². The van der Waals surface area contributed by atoms with Gasteiger partial charge in [0.1, 0.15) is 0 Å². The van der Waals surface area contributed by atoms with Crippen LogP contribution in [0.1, 0.15) is 51.4 Å². The van der Waals surface area contributed by atoms with Gasteiger partial charge in [0.25, 0.3) is 0 Å². The molecule has 4 heteroatoms. The lowest BCUT2D eigenvalue weighted by atomic mass is 9.97. The molecule has 0 spiro atoms. The van der Waals surface area contributed by atoms with E-state index in [9.17, 15) is 4.79 Å². The van der Waals surface area contributed by atoms with Crippen molar-refractivity contribution in [3.8, 4) is 0 Å². The topological polar surface area (TPSA) is 32.8 Å². The molecular weight excluding hydrogens is 264 g/mol. The molecule has 2 fully saturated rings. The third kappa shape index (κ3) is 6.35. The Kier molecular flexibility index (Phi) is 7.51. The third-order valence-electron chi connectivity index (χ3n) is 4.90. The SMILES string of the molecule is COC(=O)CCCN1CCCC(CN2CCCCCC2)C1. The summed E-state index contributed by atoms with van der Waals surface area (Å²) in [6.07, 6.45) is 9.79. The van der Waals surface area contributed by atoms with Crippen LogP contribution in [0.4, 0.5) is 0 Å². The Labute approximate surface area is 129 Å². The van der Waals surface area contributed by atoms with Crippen LogP contribution < -0.4 is 0 Å². The summed E-state index contributed by atoms with van der Waals surface area (Å²) in [7, 11) is 1.47. The highest BCUT2D eigenvalue weighted by Crippen LogP contribution is 2.20. The molecule has 0 N–H and O–H groups in total. The van der Waals surface area contributed by atoms with Gasteiger partial charge in [-0.15, -0.1) is 0 Å². The molecule has 2 saturated heterocycles. The van der Waals surface area contributed by atoms with E-state index in [2.05, 4.69) is 9.80 Å². The van der Waals surface area contributed by atoms with E-state index in [0.717, 1.165) is 18.9 Å². The van der Waals surface area contributed by atoms with E-state index < -0.39 is 0 Å². The smallest absolute Gasteiger partial charge is 0.305 e. The van der Waals surface area contributed by atoms with Gasteiger partial charge in [-0.1, -0.05) is 12.8 Å². The number of hydrogen-bond acceptors (Lipinski definition) is 4. The van der Waals surface area contributed by atoms with Crippen molar-refractivity contribution in [2.45, 2.75) is 51.4 Å². The Morgan fingerprint density at radius 2 is 1.76 bits per heavy atom. The predicted molar refractivity (Wildman–Crippen MR) is 85.3 cm³/mol. The standard InChI is InChI=1S/C17H32N2O2/c1-21-17(20)9-7-13-19-12-6-8-16(15-19)14-18-10-4-2-3-5-11-18/h16H,2-15H2,1H3. The summed E-state index contributed by atoms with van der Waals surface area (Å²) >= 11 is 0. The zero-order valence-electron chi connectivity index (χ0n) is 13.7. The highest BCUT2D eigenvalue weighted by molar-refractivity contribution is 5.69. The molecule has 4 nitrogen and oxygen atoms in total. The normalized spacial score (nSPS) is 25.5. The van der Waals surface area contributed by atoms with Crippen molar-refractivity contribution < 1.29 is 9.53 Å². The molecule has 2 heterocycles. The average Bonchev–Trinajstić information content (AvgIpc) is 2.76. The van der Waals surface area contributed by atoms with Gasteiger partial charge in [-0.05, 0) is 64.2 Å². The lowest BCUT2D eigenvalue weighted by molar-refractivity contribution is -0.140. The number of likely N-dealkylation sites (tertiary alicyclic amines) is 2. The molecule has 1 atom stereocenters. The monoisotopic (exact) mass is 296 g/mol. The largest absolute Gasteiger partial charge is 0.469 e. The molecule has 0 bridgehead atoms. The van der Waals surface area contributed by atoms with E-state index in [-0.39, 0.29) is 5.97 Å². The van der Waals surface area contributed by atoms with Crippen LogP contribution in [0.25, 0.3) is 0 Å². The molecule has 0 aromatic heterocycles. The molecule has 122 valence electrons. The fraction of sp³-hybridized carbons (Fsp3) is 0.941. The Hall–Kier alpha value is -0.610. The van der Waals surface area contributed by atoms with Crippen molar-refractivity contribution in [3.05, 3.63) is 0 Å². The third-order valence-corrected chi connectivity index (χ3v) is 4.90. The van der Waals surface area contributed by atoms with E-state index in [1.165, 1.54) is 78.4 Å². The number of rotatable bonds is 6. The van der Waals surface area contributed by atoms with Gasteiger partial charge in [0.15, 0.2) is 0 Å². The molecule has 0 aromatic carbocycles. The average molecular weight is 296 g/mol. The van der Waals surface area contributed by atoms with Gasteiger partial charge in [-0.3, -0.25) is 4.79 Å². The zero-order valence-corrected chi connectivity index (χ0v) is 13.7. The molecule has 0 saturated carbocycles. The number of esters is 1. The van der Waals surface area contributed by atoms with Gasteiger partial charge < -0.3 is 14.5 Å². The van der Waals surface area contributed by atoms with Gasteiger partial charge in [-0.25, -0.2) is 0 Å². The molecular formula is C17H32N2O2. The Morgan fingerprint density at radius 1 is 1.05 bits per heavy atom. The summed E-state index contributed by atoms with van der Waals surface area (Å²) in [6.45, 7) is 7.37. The van der Waals surface area contributed by atoms with Gasteiger partial charge in [-0.2, -0.15) is 0 Å². The second-order valence-corrected chi connectivity index (χ2v) is 6.70. The van der Waals surface area contributed by atoms with Crippen molar-refractivity contribution in [2.24, 2.45) is 5.92 Å². The molecule has 0 radical (unpaired) electrons. The van der Waals surface area contributed by atoms with Gasteiger partial charge in [0, 0.05) is 19.5 Å². The maximum atomic E-state index is 11.2. The van der Waals surface area contributed by atoms with Crippen molar-refractivity contribution >= 4 is 5.97 Å². The van der Waals surface area contributed by atoms with Gasteiger partial charge in [0.2, 0.25) is 0 Å². The number of methoxy groups -OCH3 is 1. The summed E-state index contributed by atoms with van der Waals surface area (Å²) < 4.78 is 4.71. The van der Waals surface area contributed by atoms with Crippen LogP contribution in [0.15, 0.2) is 0 Å². The minimum Gasteiger partial charge on any atom is -0.469 e. The molecule has 2 aliphatic heterocycles. The molecule has 0 aromatic rings. The molecule has 1 unspecified atom stereocenters. The van der Waals surface area contributed by atoms with Crippen LogP contribution in [0.3, 0.4) is 0 Å². The lowest BCUT2D eigenvalue weighted by Gasteiger charge is -2.35. The number of carbonyl (C=O) groups excluding carboxylic acids is 1. The predicted octanol–water partition coefficient (Wildman–Crippen LogP) is 2.53. The van der Waals surface area contributed by atoms with Crippen LogP contribution in [-0.4, -0.2) is 62.1 Å². The van der Waals surface area contributed by atoms with Crippen LogP contribution in [0, 0.1) is 5.92 Å². The first-order valence-corrected chi connectivity index (χ1v) is 8.79. The molecule has 0 amide bonds. The summed E-state index contributed by atoms with van der Waals surface area (Å²) in [5, 5.41) is 0. The lowest BCUT2D eigenvalue weighted by Crippen LogP contribution is -2.41. The number of hydrogen-bond donors (Lipinski definition) is 0. The van der Waals surface area contributed by atoms with Crippen molar-refractivity contribution in [3.63, 3.8) is 0 Å². The van der Waals surface area contributed by atoms with Gasteiger partial charge >= 0.3 is 5.97 Å². The van der Waals surface area contributed by atoms with E-state index in [0.29, 0.717) is 6.42 Å². The zero-order chi connectivity index (χ0) is 14.9. The molecule has 0 aliphatic carbocycles. The highest BCUT2D eigenvalue weighted by Gasteiger charge is 2.22. The number of nitrogens with zero attached hydrogens (tertiary/aromatic N) is 2. The Bertz CT molecular complexity index is 301. The second-order valence-electron chi connectivity index (χ2n) is 6.70. The van der Waals surface area contributed by atoms with Crippen LogP contribution in [-0.2, 0) is 9.53 Å². The summed E-state index contributed by atoms with van der Waals surface area (Å²) in [6, 6.07) is 0. The van der Waals surface area contributed by atoms with Crippen molar-refractivity contribution in [1.82, 2.24) is 9.80 Å². The summed E-state index contributed by atoms with van der Waals surface area (Å²) in [5.74, 6) is 0.753. The fourth-order valence-corrected chi connectivity index (χ4v) is 3.74. The highest BCUT2D eigenvalue weighted by atomic mass is 16.5. The molecule has 2 rings (SSSR count). The van der Waals surface area contributed by atoms with Crippen LogP contribution in [0.5, 0.6) is 0 Å². The summed E-state index contributed by atoms with van der Waals surface area (Å²) in [4.78, 5) is 16.4. The first-order valence-electron chi connectivity index (χ1n) is 8.79. The minimum atomic E-state index is -0.0758. The Balaban J connectivity index is 1.66. The molecule has 21 heavy (non-hydrogen) atoms. The maximum Gasteiger partial charge on any atom is 0.305 e. The fourth-order valence-electron chi connectivity index (χ4n) is 3.74. The number of piperidine rings is 1. The maximum absolute atomic E-state index is 11.2. The van der Waals surface area contributed by atoms with Gasteiger partial charge in [0.05, 0.1) is 7.11 Å². The quantitative estimate of drug-likeness (QED) is 0.705. The minimum absolute atomic E-state index is 0.0758. The van der Waals surface area contributed by atoms with E-state index in [1.54, 1.807) is 0 Å². The first kappa shape index (κ1) is 16.8. The first-order chi connectivity index (χ1) is 10.3. The van der Waals surface area contributed by atoms with Crippen LogP contribution in [0.2, 0.25) is 0 Å². The number of ether oxygens (including phenoxy) is 1. The van der Waals surface area contributed by atoms with Crippen molar-refractivity contribution in [2.75, 3.05) is 46.4 Å². The van der Waals surface area contributed by atoms with E-state index >= 15 is 0 Å². The van der Waals surface area contributed by atoms with E-state index in [1.807, 2.05) is 0 Å². The van der Waals surface area contributed by atoms with Crippen molar-refractivity contribution in [1.29, 1.82) is 0 Å². The second kappa shape index (κ2) is 9.42. The number of carbonyl (C=O) groups is 1. The molecule has 2 aliphatic rings. The Morgan fingerprint density at radius 3 is 2.48 bits per heavy atom. The summed E-state index contributed by atoms with van der Waals surface area (Å²) in [5.41, 5.74) is 0.